The Bertz CT molecular complexity index is 1050. The number of amides is 1. The minimum absolute atomic E-state index is 0.0210. The van der Waals surface area contributed by atoms with Gasteiger partial charge < -0.3 is 27.4 Å². The Morgan fingerprint density at radius 3 is 2.49 bits per heavy atom. The molecule has 1 aliphatic rings. The third-order valence-electron chi connectivity index (χ3n) is 6.03. The summed E-state index contributed by atoms with van der Waals surface area (Å²) in [6, 6.07) is 0. The van der Waals surface area contributed by atoms with E-state index in [0.29, 0.717) is 25.2 Å². The number of pyridine rings is 1. The second-order valence-electron chi connectivity index (χ2n) is 8.79. The second kappa shape index (κ2) is 16.4. The van der Waals surface area contributed by atoms with Crippen LogP contribution >= 0.6 is 0 Å². The topological polar surface area (TPSA) is 118 Å². The van der Waals surface area contributed by atoms with Gasteiger partial charge >= 0.3 is 0 Å². The molecule has 0 aromatic carbocycles. The minimum Gasteiger partial charge on any atom is -0.398 e. The predicted octanol–water partition coefficient (Wildman–Crippen LogP) is 4.73. The minimum atomic E-state index is -0.0210. The molecule has 2 rings (SSSR count). The van der Waals surface area contributed by atoms with E-state index < -0.39 is 0 Å². The maximum Gasteiger partial charge on any atom is 0.223 e. The SMILES string of the molecule is C=C/C(N)=C(/CN)c1c(C)nc(C(/C=C\CC(=O)NCC2NC=C(C)N2)=C/CC)c(CCC)c1C.CC. The van der Waals surface area contributed by atoms with Crippen molar-refractivity contribution in [3.63, 3.8) is 0 Å². The molecule has 0 radical (unpaired) electrons. The third-order valence-corrected chi connectivity index (χ3v) is 6.03. The highest BCUT2D eigenvalue weighted by Crippen LogP contribution is 2.31. The maximum atomic E-state index is 12.4. The lowest BCUT2D eigenvalue weighted by Crippen LogP contribution is -2.43. The van der Waals surface area contributed by atoms with Gasteiger partial charge in [-0.1, -0.05) is 58.9 Å². The zero-order valence-electron chi connectivity index (χ0n) is 23.9. The fourth-order valence-electron chi connectivity index (χ4n) is 4.36. The fourth-order valence-corrected chi connectivity index (χ4v) is 4.36. The van der Waals surface area contributed by atoms with Gasteiger partial charge in [0.15, 0.2) is 0 Å². The molecule has 37 heavy (non-hydrogen) atoms. The number of hydrogen-bond donors (Lipinski definition) is 5. The molecular formula is C30H48N6O. The average molecular weight is 509 g/mol. The largest absolute Gasteiger partial charge is 0.398 e. The van der Waals surface area contributed by atoms with Gasteiger partial charge in [-0.15, -0.1) is 0 Å². The Kier molecular flexibility index (Phi) is 14.1. The summed E-state index contributed by atoms with van der Waals surface area (Å²) in [7, 11) is 0. The molecule has 1 aromatic rings. The Morgan fingerprint density at radius 2 is 1.95 bits per heavy atom. The van der Waals surface area contributed by atoms with E-state index in [9.17, 15) is 4.79 Å². The summed E-state index contributed by atoms with van der Waals surface area (Å²) in [5, 5.41) is 9.40. The highest BCUT2D eigenvalue weighted by molar-refractivity contribution is 5.82. The fraction of sp³-hybridized carbons (Fsp3) is 0.467. The number of nitrogens with zero attached hydrogens (tertiary/aromatic N) is 1. The first-order valence-corrected chi connectivity index (χ1v) is 13.4. The standard InChI is InChI=1S/C28H42N6O.C2H6/c1-7-11-21(13-10-14-26(35)32-17-25-31-16-18(4)33-25)28-22(12-8-2)19(5)27(20(6)34-28)23(15-29)24(30)9-3;1-2/h9-11,13,16,25,31,33H,3,7-8,12,14-15,17,29-30H2,1-2,4-6H3,(H,32,35);1-2H3/b13-10-,21-11+,24-23+;. The number of aryl methyl sites for hydroxylation is 1. The number of aromatic nitrogens is 1. The van der Waals surface area contributed by atoms with Crippen LogP contribution in [0.15, 0.2) is 48.5 Å². The van der Waals surface area contributed by atoms with E-state index in [1.807, 2.05) is 46.0 Å². The molecule has 0 bridgehead atoms. The quantitative estimate of drug-likeness (QED) is 0.261. The summed E-state index contributed by atoms with van der Waals surface area (Å²) in [4.78, 5) is 17.4. The van der Waals surface area contributed by atoms with Gasteiger partial charge in [0.2, 0.25) is 5.91 Å². The smallest absolute Gasteiger partial charge is 0.223 e. The van der Waals surface area contributed by atoms with Crippen LogP contribution in [0.5, 0.6) is 0 Å². The zero-order chi connectivity index (χ0) is 28.0. The summed E-state index contributed by atoms with van der Waals surface area (Å²) in [5.41, 5.74) is 21.0. The van der Waals surface area contributed by atoms with Gasteiger partial charge in [0.25, 0.3) is 0 Å². The Balaban J connectivity index is 0.00000334. The normalized spacial score (nSPS) is 15.7. The number of nitrogens with one attached hydrogen (secondary N) is 3. The van der Waals surface area contributed by atoms with E-state index >= 15 is 0 Å². The number of carbonyl (C=O) groups is 1. The molecule has 1 aromatic heterocycles. The molecule has 1 unspecified atom stereocenters. The Morgan fingerprint density at radius 1 is 1.24 bits per heavy atom. The molecule has 7 nitrogen and oxygen atoms in total. The molecular weight excluding hydrogens is 460 g/mol. The van der Waals surface area contributed by atoms with E-state index in [1.165, 1.54) is 5.56 Å². The van der Waals surface area contributed by atoms with Crippen LogP contribution in [0.3, 0.4) is 0 Å². The molecule has 1 aliphatic heterocycles. The van der Waals surface area contributed by atoms with Gasteiger partial charge in [0.05, 0.1) is 12.2 Å². The van der Waals surface area contributed by atoms with Crippen molar-refractivity contribution in [1.29, 1.82) is 0 Å². The Labute approximate surface area is 224 Å². The van der Waals surface area contributed by atoms with Crippen LogP contribution < -0.4 is 27.4 Å². The van der Waals surface area contributed by atoms with Gasteiger partial charge in [0, 0.05) is 41.8 Å². The molecule has 0 spiro atoms. The number of carbonyl (C=O) groups excluding carboxylic acids is 1. The van der Waals surface area contributed by atoms with Crippen LogP contribution in [-0.4, -0.2) is 30.1 Å². The van der Waals surface area contributed by atoms with Crippen LogP contribution in [0.1, 0.15) is 82.0 Å². The van der Waals surface area contributed by atoms with Gasteiger partial charge in [-0.05, 0) is 62.0 Å². The number of allylic oxidation sites excluding steroid dienone is 5. The van der Waals surface area contributed by atoms with Crippen molar-refractivity contribution in [3.8, 4) is 0 Å². The van der Waals surface area contributed by atoms with Gasteiger partial charge in [-0.25, -0.2) is 0 Å². The lowest BCUT2D eigenvalue weighted by molar-refractivity contribution is -0.120. The first kappa shape index (κ1) is 31.7. The van der Waals surface area contributed by atoms with Crippen molar-refractivity contribution in [3.05, 3.63) is 76.6 Å². The van der Waals surface area contributed by atoms with E-state index in [1.54, 1.807) is 6.08 Å². The second-order valence-corrected chi connectivity index (χ2v) is 8.79. The molecule has 2 heterocycles. The van der Waals surface area contributed by atoms with Gasteiger partial charge in [0.1, 0.15) is 6.17 Å². The first-order valence-electron chi connectivity index (χ1n) is 13.4. The number of rotatable bonds is 12. The lowest BCUT2D eigenvalue weighted by Gasteiger charge is -2.21. The average Bonchev–Trinajstić information content (AvgIpc) is 3.32. The van der Waals surface area contributed by atoms with Gasteiger partial charge in [-0.3, -0.25) is 9.78 Å². The van der Waals surface area contributed by atoms with E-state index in [4.69, 9.17) is 16.5 Å². The summed E-state index contributed by atoms with van der Waals surface area (Å²) < 4.78 is 0. The molecule has 7 heteroatoms. The molecule has 1 atom stereocenters. The van der Waals surface area contributed by atoms with Gasteiger partial charge in [-0.2, -0.15) is 0 Å². The molecule has 0 fully saturated rings. The van der Waals surface area contributed by atoms with Crippen LogP contribution in [0, 0.1) is 13.8 Å². The molecule has 7 N–H and O–H groups in total. The van der Waals surface area contributed by atoms with Crippen molar-refractivity contribution in [2.24, 2.45) is 11.5 Å². The molecule has 0 saturated carbocycles. The maximum absolute atomic E-state index is 12.4. The summed E-state index contributed by atoms with van der Waals surface area (Å²) in [6.45, 7) is 19.0. The molecule has 0 aliphatic carbocycles. The molecule has 0 saturated heterocycles. The van der Waals surface area contributed by atoms with Crippen molar-refractivity contribution < 1.29 is 4.79 Å². The summed E-state index contributed by atoms with van der Waals surface area (Å²) in [5.74, 6) is -0.0210. The van der Waals surface area contributed by atoms with Crippen molar-refractivity contribution >= 4 is 17.1 Å². The zero-order valence-corrected chi connectivity index (χ0v) is 23.9. The third kappa shape index (κ3) is 8.93. The highest BCUT2D eigenvalue weighted by Gasteiger charge is 2.19. The van der Waals surface area contributed by atoms with Crippen LogP contribution in [0.4, 0.5) is 0 Å². The Hall–Kier alpha value is -3.32. The van der Waals surface area contributed by atoms with Crippen LogP contribution in [0.25, 0.3) is 11.1 Å². The molecule has 1 amide bonds. The van der Waals surface area contributed by atoms with E-state index in [0.717, 1.165) is 58.6 Å². The van der Waals surface area contributed by atoms with E-state index in [2.05, 4.69) is 49.4 Å². The summed E-state index contributed by atoms with van der Waals surface area (Å²) in [6.07, 6.45) is 12.7. The van der Waals surface area contributed by atoms with Crippen molar-refractivity contribution in [2.45, 2.75) is 80.3 Å². The lowest BCUT2D eigenvalue weighted by atomic mass is 9.89. The molecule has 204 valence electrons. The summed E-state index contributed by atoms with van der Waals surface area (Å²) >= 11 is 0. The number of nitrogens with two attached hydrogens (primary N) is 2. The highest BCUT2D eigenvalue weighted by atomic mass is 16.1. The van der Waals surface area contributed by atoms with Crippen LogP contribution in [0.2, 0.25) is 0 Å². The monoisotopic (exact) mass is 508 g/mol. The van der Waals surface area contributed by atoms with Crippen molar-refractivity contribution in [2.75, 3.05) is 13.1 Å². The number of hydrogen-bond acceptors (Lipinski definition) is 6. The predicted molar refractivity (Wildman–Crippen MR) is 158 cm³/mol. The first-order chi connectivity index (χ1) is 17.8. The van der Waals surface area contributed by atoms with E-state index in [-0.39, 0.29) is 12.1 Å². The van der Waals surface area contributed by atoms with Crippen molar-refractivity contribution in [1.82, 2.24) is 20.9 Å². The van der Waals surface area contributed by atoms with Crippen LogP contribution in [-0.2, 0) is 11.2 Å².